The SMILES string of the molecule is CCNC(=NCc1ccccc1CO)NCC(C)Oc1ccccc1OC. The maximum absolute atomic E-state index is 9.44. The van der Waals surface area contributed by atoms with Crippen molar-refractivity contribution >= 4 is 5.96 Å². The lowest BCUT2D eigenvalue weighted by Crippen LogP contribution is -2.41. The van der Waals surface area contributed by atoms with E-state index in [9.17, 15) is 5.11 Å². The Labute approximate surface area is 161 Å². The van der Waals surface area contributed by atoms with Crippen molar-refractivity contribution in [2.24, 2.45) is 4.99 Å². The Morgan fingerprint density at radius 1 is 1.04 bits per heavy atom. The minimum Gasteiger partial charge on any atom is -0.493 e. The van der Waals surface area contributed by atoms with Crippen LogP contribution in [0.2, 0.25) is 0 Å². The zero-order chi connectivity index (χ0) is 19.5. The zero-order valence-corrected chi connectivity index (χ0v) is 16.2. The van der Waals surface area contributed by atoms with Crippen LogP contribution in [0.4, 0.5) is 0 Å². The van der Waals surface area contributed by atoms with E-state index in [1.165, 1.54) is 0 Å². The molecular weight excluding hydrogens is 342 g/mol. The molecule has 6 heteroatoms. The molecule has 0 aliphatic heterocycles. The first-order valence-corrected chi connectivity index (χ1v) is 9.17. The Morgan fingerprint density at radius 3 is 2.37 bits per heavy atom. The van der Waals surface area contributed by atoms with Crippen molar-refractivity contribution in [3.63, 3.8) is 0 Å². The van der Waals surface area contributed by atoms with Crippen LogP contribution in [-0.4, -0.2) is 37.4 Å². The number of nitrogens with one attached hydrogen (secondary N) is 2. The minimum atomic E-state index is -0.0742. The van der Waals surface area contributed by atoms with Gasteiger partial charge in [-0.3, -0.25) is 0 Å². The summed E-state index contributed by atoms with van der Waals surface area (Å²) in [5.74, 6) is 2.14. The summed E-state index contributed by atoms with van der Waals surface area (Å²) >= 11 is 0. The molecular formula is C21H29N3O3. The summed E-state index contributed by atoms with van der Waals surface area (Å²) < 4.78 is 11.3. The number of guanidine groups is 1. The summed E-state index contributed by atoms with van der Waals surface area (Å²) in [7, 11) is 1.63. The van der Waals surface area contributed by atoms with Crippen LogP contribution in [0, 0.1) is 0 Å². The van der Waals surface area contributed by atoms with Crippen molar-refractivity contribution in [1.82, 2.24) is 10.6 Å². The van der Waals surface area contributed by atoms with Crippen molar-refractivity contribution in [3.8, 4) is 11.5 Å². The fourth-order valence-electron chi connectivity index (χ4n) is 2.59. The highest BCUT2D eigenvalue weighted by atomic mass is 16.5. The quantitative estimate of drug-likeness (QED) is 0.467. The van der Waals surface area contributed by atoms with Crippen LogP contribution in [0.3, 0.4) is 0 Å². The van der Waals surface area contributed by atoms with Crippen LogP contribution in [0.1, 0.15) is 25.0 Å². The van der Waals surface area contributed by atoms with E-state index in [0.29, 0.717) is 30.5 Å². The normalized spacial score (nSPS) is 12.4. The Kier molecular flexibility index (Phi) is 8.45. The van der Waals surface area contributed by atoms with E-state index in [4.69, 9.17) is 9.47 Å². The fourth-order valence-corrected chi connectivity index (χ4v) is 2.59. The van der Waals surface area contributed by atoms with Gasteiger partial charge in [0.2, 0.25) is 0 Å². The topological polar surface area (TPSA) is 75.1 Å². The van der Waals surface area contributed by atoms with E-state index in [0.717, 1.165) is 17.7 Å². The predicted octanol–water partition coefficient (Wildman–Crippen LogP) is 2.71. The summed E-state index contributed by atoms with van der Waals surface area (Å²) in [6.07, 6.45) is -0.0742. The monoisotopic (exact) mass is 371 g/mol. The van der Waals surface area contributed by atoms with Gasteiger partial charge in [-0.2, -0.15) is 0 Å². The third-order valence-corrected chi connectivity index (χ3v) is 3.99. The number of methoxy groups -OCH3 is 1. The lowest BCUT2D eigenvalue weighted by molar-refractivity contribution is 0.213. The summed E-state index contributed by atoms with van der Waals surface area (Å²) in [5.41, 5.74) is 1.90. The molecule has 0 spiro atoms. The number of aliphatic imine (C=N–C) groups is 1. The number of benzene rings is 2. The molecule has 27 heavy (non-hydrogen) atoms. The van der Waals surface area contributed by atoms with Gasteiger partial charge in [0.1, 0.15) is 6.10 Å². The van der Waals surface area contributed by atoms with E-state index < -0.39 is 0 Å². The van der Waals surface area contributed by atoms with Crippen LogP contribution < -0.4 is 20.1 Å². The molecule has 0 aliphatic rings. The van der Waals surface area contributed by atoms with Gasteiger partial charge in [0, 0.05) is 6.54 Å². The third-order valence-electron chi connectivity index (χ3n) is 3.99. The average Bonchev–Trinajstić information content (AvgIpc) is 2.70. The standard InChI is InChI=1S/C21H29N3O3/c1-4-22-21(24-14-17-9-5-6-10-18(17)15-25)23-13-16(2)27-20-12-8-7-11-19(20)26-3/h5-12,16,25H,4,13-15H2,1-3H3,(H2,22,23,24). The van der Waals surface area contributed by atoms with E-state index in [1.807, 2.05) is 62.4 Å². The van der Waals surface area contributed by atoms with Gasteiger partial charge in [-0.25, -0.2) is 4.99 Å². The molecule has 0 amide bonds. The molecule has 146 valence electrons. The van der Waals surface area contributed by atoms with Gasteiger partial charge in [0.05, 0.1) is 26.8 Å². The molecule has 1 atom stereocenters. The molecule has 2 aromatic rings. The number of nitrogens with zero attached hydrogens (tertiary/aromatic N) is 1. The highest BCUT2D eigenvalue weighted by molar-refractivity contribution is 5.79. The largest absolute Gasteiger partial charge is 0.493 e. The van der Waals surface area contributed by atoms with Gasteiger partial charge in [-0.05, 0) is 37.1 Å². The smallest absolute Gasteiger partial charge is 0.191 e. The highest BCUT2D eigenvalue weighted by Gasteiger charge is 2.09. The van der Waals surface area contributed by atoms with Crippen LogP contribution in [0.5, 0.6) is 11.5 Å². The van der Waals surface area contributed by atoms with Gasteiger partial charge < -0.3 is 25.2 Å². The first-order valence-electron chi connectivity index (χ1n) is 9.17. The molecule has 0 bridgehead atoms. The molecule has 0 aromatic heterocycles. The van der Waals surface area contributed by atoms with Gasteiger partial charge in [-0.1, -0.05) is 36.4 Å². The summed E-state index contributed by atoms with van der Waals surface area (Å²) in [4.78, 5) is 4.61. The van der Waals surface area contributed by atoms with Gasteiger partial charge in [0.25, 0.3) is 0 Å². The number of rotatable bonds is 9. The van der Waals surface area contributed by atoms with E-state index in [2.05, 4.69) is 15.6 Å². The number of para-hydroxylation sites is 2. The molecule has 2 rings (SSSR count). The second kappa shape index (κ2) is 11.1. The van der Waals surface area contributed by atoms with Crippen molar-refractivity contribution in [1.29, 1.82) is 0 Å². The second-order valence-electron chi connectivity index (χ2n) is 6.08. The second-order valence-corrected chi connectivity index (χ2v) is 6.08. The summed E-state index contributed by atoms with van der Waals surface area (Å²) in [6.45, 7) is 5.87. The van der Waals surface area contributed by atoms with Gasteiger partial charge in [0.15, 0.2) is 17.5 Å². The molecule has 1 unspecified atom stereocenters. The minimum absolute atomic E-state index is 0.0133. The van der Waals surface area contributed by atoms with Crippen molar-refractivity contribution in [3.05, 3.63) is 59.7 Å². The first kappa shape index (κ1) is 20.6. The number of hydrogen-bond donors (Lipinski definition) is 3. The molecule has 0 aliphatic carbocycles. The fraction of sp³-hybridized carbons (Fsp3) is 0.381. The van der Waals surface area contributed by atoms with Crippen LogP contribution in [-0.2, 0) is 13.2 Å². The zero-order valence-electron chi connectivity index (χ0n) is 16.2. The van der Waals surface area contributed by atoms with Gasteiger partial charge >= 0.3 is 0 Å². The Balaban J connectivity index is 1.95. The number of hydrogen-bond acceptors (Lipinski definition) is 4. The lowest BCUT2D eigenvalue weighted by atomic mass is 10.1. The molecule has 0 saturated carbocycles. The van der Waals surface area contributed by atoms with Crippen molar-refractivity contribution < 1.29 is 14.6 Å². The van der Waals surface area contributed by atoms with Crippen LogP contribution in [0.25, 0.3) is 0 Å². The van der Waals surface area contributed by atoms with E-state index >= 15 is 0 Å². The predicted molar refractivity (Wildman–Crippen MR) is 108 cm³/mol. The Hall–Kier alpha value is -2.73. The maximum atomic E-state index is 9.44. The number of aliphatic hydroxyl groups is 1. The Morgan fingerprint density at radius 2 is 1.70 bits per heavy atom. The van der Waals surface area contributed by atoms with Gasteiger partial charge in [-0.15, -0.1) is 0 Å². The lowest BCUT2D eigenvalue weighted by Gasteiger charge is -2.19. The van der Waals surface area contributed by atoms with Crippen LogP contribution in [0.15, 0.2) is 53.5 Å². The molecule has 3 N–H and O–H groups in total. The van der Waals surface area contributed by atoms with Crippen molar-refractivity contribution in [2.75, 3.05) is 20.2 Å². The maximum Gasteiger partial charge on any atom is 0.191 e. The molecule has 6 nitrogen and oxygen atoms in total. The van der Waals surface area contributed by atoms with Crippen LogP contribution >= 0.6 is 0 Å². The molecule has 0 fully saturated rings. The highest BCUT2D eigenvalue weighted by Crippen LogP contribution is 2.26. The molecule has 0 heterocycles. The summed E-state index contributed by atoms with van der Waals surface area (Å²) in [6, 6.07) is 15.4. The summed E-state index contributed by atoms with van der Waals surface area (Å²) in [5, 5.41) is 16.0. The first-order chi connectivity index (χ1) is 13.2. The Bertz CT molecular complexity index is 734. The molecule has 0 saturated heterocycles. The molecule has 0 radical (unpaired) electrons. The van der Waals surface area contributed by atoms with E-state index in [-0.39, 0.29) is 12.7 Å². The average molecular weight is 371 g/mol. The molecule has 2 aromatic carbocycles. The van der Waals surface area contributed by atoms with E-state index in [1.54, 1.807) is 7.11 Å². The third kappa shape index (κ3) is 6.49. The number of aliphatic hydroxyl groups excluding tert-OH is 1. The van der Waals surface area contributed by atoms with Crippen molar-refractivity contribution in [2.45, 2.75) is 33.1 Å². The number of ether oxygens (including phenoxy) is 2.